The standard InChI is InChI=1S/C21H21N7O5/c1-33-21-26-16(11-7-22-8-11)25-20(27-21)23-9-10-3-2-4-12-15(10)19(32)28(18(12)31)13-5-6-14(29)24-17(13)30/h2-4,11,13,22H,5-9H2,1H3,(H,24,29,30)(H,23,25,26,27). The summed E-state index contributed by atoms with van der Waals surface area (Å²) in [5.41, 5.74) is 1.01. The predicted molar refractivity (Wildman–Crippen MR) is 112 cm³/mol. The minimum atomic E-state index is -1.01. The summed E-state index contributed by atoms with van der Waals surface area (Å²) >= 11 is 0. The summed E-state index contributed by atoms with van der Waals surface area (Å²) in [7, 11) is 1.47. The van der Waals surface area contributed by atoms with E-state index in [0.29, 0.717) is 17.3 Å². The van der Waals surface area contributed by atoms with E-state index in [1.54, 1.807) is 18.2 Å². The normalized spacial score (nSPS) is 20.4. The van der Waals surface area contributed by atoms with Gasteiger partial charge in [0, 0.05) is 32.0 Å². The lowest BCUT2D eigenvalue weighted by Crippen LogP contribution is -2.54. The number of anilines is 1. The molecule has 3 N–H and O–H groups in total. The fourth-order valence-corrected chi connectivity index (χ4v) is 4.10. The van der Waals surface area contributed by atoms with Crippen LogP contribution in [-0.4, -0.2) is 69.7 Å². The zero-order chi connectivity index (χ0) is 23.1. The molecule has 4 heterocycles. The number of ether oxygens (including phenoxy) is 1. The highest BCUT2D eigenvalue weighted by Crippen LogP contribution is 2.30. The molecule has 2 aromatic rings. The number of nitrogens with zero attached hydrogens (tertiary/aromatic N) is 4. The monoisotopic (exact) mass is 451 g/mol. The van der Waals surface area contributed by atoms with Crippen LogP contribution in [0.1, 0.15) is 50.9 Å². The number of imide groups is 2. The highest BCUT2D eigenvalue weighted by atomic mass is 16.5. The molecule has 12 heteroatoms. The summed E-state index contributed by atoms with van der Waals surface area (Å²) in [6.45, 7) is 1.71. The molecule has 4 amide bonds. The SMILES string of the molecule is COc1nc(NCc2cccc3c2C(=O)N(C2CCC(=O)NC2=O)C3=O)nc(C2CNC2)n1. The molecule has 1 unspecified atom stereocenters. The first kappa shape index (κ1) is 20.9. The van der Waals surface area contributed by atoms with Gasteiger partial charge in [-0.15, -0.1) is 0 Å². The number of amides is 4. The van der Waals surface area contributed by atoms with Gasteiger partial charge in [-0.05, 0) is 18.1 Å². The van der Waals surface area contributed by atoms with Gasteiger partial charge in [0.2, 0.25) is 17.8 Å². The first-order chi connectivity index (χ1) is 16.0. The van der Waals surface area contributed by atoms with Crippen LogP contribution >= 0.6 is 0 Å². The maximum Gasteiger partial charge on any atom is 0.321 e. The van der Waals surface area contributed by atoms with E-state index in [9.17, 15) is 19.2 Å². The van der Waals surface area contributed by atoms with Crippen molar-refractivity contribution in [1.82, 2.24) is 30.5 Å². The number of methoxy groups -OCH3 is 1. The van der Waals surface area contributed by atoms with E-state index in [4.69, 9.17) is 4.74 Å². The number of nitrogens with one attached hydrogen (secondary N) is 3. The summed E-state index contributed by atoms with van der Waals surface area (Å²) in [5.74, 6) is -1.09. The van der Waals surface area contributed by atoms with Crippen molar-refractivity contribution in [1.29, 1.82) is 0 Å². The highest BCUT2D eigenvalue weighted by molar-refractivity contribution is 6.24. The van der Waals surface area contributed by atoms with Crippen LogP contribution in [0.15, 0.2) is 18.2 Å². The van der Waals surface area contributed by atoms with Crippen molar-refractivity contribution in [3.8, 4) is 6.01 Å². The molecule has 0 bridgehead atoms. The average Bonchev–Trinajstić information content (AvgIpc) is 3.02. The quantitative estimate of drug-likeness (QED) is 0.493. The molecule has 1 atom stereocenters. The molecular weight excluding hydrogens is 430 g/mol. The van der Waals surface area contributed by atoms with Crippen LogP contribution in [-0.2, 0) is 16.1 Å². The van der Waals surface area contributed by atoms with E-state index in [0.717, 1.165) is 18.0 Å². The Balaban J connectivity index is 1.39. The van der Waals surface area contributed by atoms with Gasteiger partial charge >= 0.3 is 6.01 Å². The van der Waals surface area contributed by atoms with Gasteiger partial charge in [-0.2, -0.15) is 15.0 Å². The minimum Gasteiger partial charge on any atom is -0.467 e. The molecule has 0 saturated carbocycles. The van der Waals surface area contributed by atoms with Crippen LogP contribution in [0, 0.1) is 0 Å². The van der Waals surface area contributed by atoms with Gasteiger partial charge in [0.1, 0.15) is 11.9 Å². The third kappa shape index (κ3) is 3.67. The summed E-state index contributed by atoms with van der Waals surface area (Å²) < 4.78 is 5.18. The maximum absolute atomic E-state index is 13.2. The molecular formula is C21H21N7O5. The summed E-state index contributed by atoms with van der Waals surface area (Å²) in [6, 6.07) is 4.12. The Kier molecular flexibility index (Phi) is 5.21. The number of hydrogen-bond donors (Lipinski definition) is 3. The summed E-state index contributed by atoms with van der Waals surface area (Å²) in [4.78, 5) is 63.8. The van der Waals surface area contributed by atoms with Crippen LogP contribution in [0.3, 0.4) is 0 Å². The second-order valence-electron chi connectivity index (χ2n) is 8.00. The highest BCUT2D eigenvalue weighted by Gasteiger charge is 2.45. The second-order valence-corrected chi connectivity index (χ2v) is 8.00. The summed E-state index contributed by atoms with van der Waals surface area (Å²) in [5, 5.41) is 8.45. The lowest BCUT2D eigenvalue weighted by Gasteiger charge is -2.27. The molecule has 1 aromatic carbocycles. The number of hydrogen-bond acceptors (Lipinski definition) is 10. The first-order valence-electron chi connectivity index (χ1n) is 10.5. The van der Waals surface area contributed by atoms with Gasteiger partial charge < -0.3 is 15.4 Å². The molecule has 5 rings (SSSR count). The van der Waals surface area contributed by atoms with E-state index in [1.165, 1.54) is 7.11 Å². The topological polar surface area (TPSA) is 156 Å². The fourth-order valence-electron chi connectivity index (χ4n) is 4.10. The van der Waals surface area contributed by atoms with Gasteiger partial charge in [-0.1, -0.05) is 12.1 Å². The number of carbonyl (C=O) groups excluding carboxylic acids is 4. The number of rotatable bonds is 6. The van der Waals surface area contributed by atoms with Gasteiger partial charge in [-0.3, -0.25) is 29.4 Å². The van der Waals surface area contributed by atoms with Gasteiger partial charge in [0.05, 0.1) is 18.2 Å². The predicted octanol–water partition coefficient (Wildman–Crippen LogP) is -0.420. The molecule has 3 aliphatic heterocycles. The number of piperidine rings is 1. The molecule has 12 nitrogen and oxygen atoms in total. The number of benzene rings is 1. The molecule has 170 valence electrons. The van der Waals surface area contributed by atoms with E-state index >= 15 is 0 Å². The lowest BCUT2D eigenvalue weighted by atomic mass is 10.0. The van der Waals surface area contributed by atoms with Crippen LogP contribution < -0.4 is 20.7 Å². The van der Waals surface area contributed by atoms with E-state index in [-0.39, 0.29) is 42.4 Å². The van der Waals surface area contributed by atoms with Crippen molar-refractivity contribution in [2.45, 2.75) is 31.3 Å². The Labute approximate surface area is 188 Å². The average molecular weight is 451 g/mol. The number of carbonyl (C=O) groups is 4. The van der Waals surface area contributed by atoms with Crippen molar-refractivity contribution in [2.75, 3.05) is 25.5 Å². The molecule has 0 spiro atoms. The maximum atomic E-state index is 13.2. The Bertz CT molecular complexity index is 1180. The van der Waals surface area contributed by atoms with E-state index < -0.39 is 29.7 Å². The van der Waals surface area contributed by atoms with Crippen LogP contribution in [0.4, 0.5) is 5.95 Å². The van der Waals surface area contributed by atoms with Gasteiger partial charge in [-0.25, -0.2) is 0 Å². The van der Waals surface area contributed by atoms with Crippen molar-refractivity contribution < 1.29 is 23.9 Å². The Hall–Kier alpha value is -3.93. The van der Waals surface area contributed by atoms with Crippen molar-refractivity contribution in [2.24, 2.45) is 0 Å². The smallest absolute Gasteiger partial charge is 0.321 e. The Morgan fingerprint density at radius 2 is 1.94 bits per heavy atom. The molecule has 1 aromatic heterocycles. The third-order valence-electron chi connectivity index (χ3n) is 5.95. The van der Waals surface area contributed by atoms with Crippen LogP contribution in [0.25, 0.3) is 0 Å². The first-order valence-corrected chi connectivity index (χ1v) is 10.5. The fraction of sp³-hybridized carbons (Fsp3) is 0.381. The minimum absolute atomic E-state index is 0.0677. The Morgan fingerprint density at radius 3 is 2.64 bits per heavy atom. The van der Waals surface area contributed by atoms with E-state index in [1.807, 2.05) is 0 Å². The Morgan fingerprint density at radius 1 is 1.12 bits per heavy atom. The van der Waals surface area contributed by atoms with Crippen molar-refractivity contribution in [3.05, 3.63) is 40.7 Å². The lowest BCUT2D eigenvalue weighted by molar-refractivity contribution is -0.136. The largest absolute Gasteiger partial charge is 0.467 e. The van der Waals surface area contributed by atoms with Crippen LogP contribution in [0.5, 0.6) is 6.01 Å². The molecule has 2 fully saturated rings. The third-order valence-corrected chi connectivity index (χ3v) is 5.95. The van der Waals surface area contributed by atoms with Crippen molar-refractivity contribution in [3.63, 3.8) is 0 Å². The molecule has 3 aliphatic rings. The number of aromatic nitrogens is 3. The van der Waals surface area contributed by atoms with Crippen LogP contribution in [0.2, 0.25) is 0 Å². The van der Waals surface area contributed by atoms with Crippen molar-refractivity contribution >= 4 is 29.6 Å². The van der Waals surface area contributed by atoms with E-state index in [2.05, 4.69) is 30.9 Å². The molecule has 0 aliphatic carbocycles. The molecule has 2 saturated heterocycles. The zero-order valence-electron chi connectivity index (χ0n) is 17.8. The molecule has 0 radical (unpaired) electrons. The molecule has 33 heavy (non-hydrogen) atoms. The zero-order valence-corrected chi connectivity index (χ0v) is 17.8. The van der Waals surface area contributed by atoms with Gasteiger partial charge in [0.25, 0.3) is 11.8 Å². The summed E-state index contributed by atoms with van der Waals surface area (Å²) in [6.07, 6.45) is 0.172. The second kappa shape index (κ2) is 8.20. The number of fused-ring (bicyclic) bond motifs is 1. The van der Waals surface area contributed by atoms with Gasteiger partial charge in [0.15, 0.2) is 0 Å².